The Morgan fingerprint density at radius 2 is 2.10 bits per heavy atom. The molecule has 1 aromatic heterocycles. The summed E-state index contributed by atoms with van der Waals surface area (Å²) >= 11 is 3.38. The van der Waals surface area contributed by atoms with E-state index in [0.717, 1.165) is 10.0 Å². The fourth-order valence-electron chi connectivity index (χ4n) is 1.87. The number of nitriles is 1. The zero-order chi connectivity index (χ0) is 14.9. The predicted molar refractivity (Wildman–Crippen MR) is 76.3 cm³/mol. The molecule has 8 heteroatoms. The first-order valence-electron chi connectivity index (χ1n) is 5.58. The molecule has 0 aliphatic heterocycles. The van der Waals surface area contributed by atoms with Crippen molar-refractivity contribution >= 4 is 26.0 Å². The van der Waals surface area contributed by atoms with E-state index in [1.807, 2.05) is 30.3 Å². The van der Waals surface area contributed by atoms with Gasteiger partial charge >= 0.3 is 0 Å². The lowest BCUT2D eigenvalue weighted by Gasteiger charge is -2.07. The van der Waals surface area contributed by atoms with Crippen molar-refractivity contribution < 1.29 is 8.42 Å². The first kappa shape index (κ1) is 14.7. The Morgan fingerprint density at radius 3 is 2.65 bits per heavy atom. The molecule has 0 amide bonds. The van der Waals surface area contributed by atoms with Gasteiger partial charge in [-0.3, -0.25) is 0 Å². The van der Waals surface area contributed by atoms with Crippen LogP contribution in [0.4, 0.5) is 0 Å². The molecule has 2 N–H and O–H groups in total. The van der Waals surface area contributed by atoms with Gasteiger partial charge in [-0.2, -0.15) is 10.4 Å². The summed E-state index contributed by atoms with van der Waals surface area (Å²) in [7, 11) is -4.03. The highest BCUT2D eigenvalue weighted by atomic mass is 79.9. The van der Waals surface area contributed by atoms with Gasteiger partial charge in [0.1, 0.15) is 11.6 Å². The summed E-state index contributed by atoms with van der Waals surface area (Å²) in [5.41, 5.74) is 1.16. The summed E-state index contributed by atoms with van der Waals surface area (Å²) in [4.78, 5) is 0. The molecule has 1 aromatic carbocycles. The Labute approximate surface area is 125 Å². The average molecular weight is 355 g/mol. The number of nitrogens with two attached hydrogens (primary N) is 1. The maximum absolute atomic E-state index is 11.7. The zero-order valence-electron chi connectivity index (χ0n) is 10.5. The van der Waals surface area contributed by atoms with Gasteiger partial charge in [-0.25, -0.2) is 18.2 Å². The molecule has 2 rings (SSSR count). The van der Waals surface area contributed by atoms with E-state index in [0.29, 0.717) is 5.69 Å². The van der Waals surface area contributed by atoms with Gasteiger partial charge in [0.05, 0.1) is 12.2 Å². The Balaban J connectivity index is 2.60. The minimum atomic E-state index is -4.03. The second kappa shape index (κ2) is 5.36. The van der Waals surface area contributed by atoms with E-state index in [-0.39, 0.29) is 17.1 Å². The van der Waals surface area contributed by atoms with E-state index in [4.69, 9.17) is 10.4 Å². The summed E-state index contributed by atoms with van der Waals surface area (Å²) in [6, 6.07) is 9.19. The maximum atomic E-state index is 11.7. The van der Waals surface area contributed by atoms with Gasteiger partial charge < -0.3 is 0 Å². The number of aromatic nitrogens is 2. The van der Waals surface area contributed by atoms with E-state index < -0.39 is 10.0 Å². The van der Waals surface area contributed by atoms with Crippen LogP contribution in [0, 0.1) is 18.3 Å². The van der Waals surface area contributed by atoms with Crippen molar-refractivity contribution in [1.29, 1.82) is 5.26 Å². The highest BCUT2D eigenvalue weighted by molar-refractivity contribution is 9.10. The molecular formula is C12H11BrN4O2S. The van der Waals surface area contributed by atoms with E-state index >= 15 is 0 Å². The minimum absolute atomic E-state index is 0.0143. The topological polar surface area (TPSA) is 102 Å². The second-order valence-electron chi connectivity index (χ2n) is 4.17. The zero-order valence-corrected chi connectivity index (χ0v) is 12.9. The lowest BCUT2D eigenvalue weighted by molar-refractivity contribution is 0.562. The number of benzene rings is 1. The molecule has 0 aliphatic rings. The average Bonchev–Trinajstić information content (AvgIpc) is 2.68. The monoisotopic (exact) mass is 354 g/mol. The molecule has 0 fully saturated rings. The van der Waals surface area contributed by atoms with Crippen LogP contribution in [0.5, 0.6) is 0 Å². The summed E-state index contributed by atoms with van der Waals surface area (Å²) in [5, 5.41) is 18.1. The van der Waals surface area contributed by atoms with E-state index in [9.17, 15) is 8.42 Å². The van der Waals surface area contributed by atoms with Crippen LogP contribution < -0.4 is 5.14 Å². The number of hydrogen-bond acceptors (Lipinski definition) is 4. The third-order valence-corrected chi connectivity index (χ3v) is 4.47. The molecule has 20 heavy (non-hydrogen) atoms. The largest absolute Gasteiger partial charge is 0.256 e. The van der Waals surface area contributed by atoms with Crippen molar-refractivity contribution in [1.82, 2.24) is 9.78 Å². The Kier molecular flexibility index (Phi) is 3.94. The molecule has 0 saturated heterocycles. The number of nitrogens with zero attached hydrogens (tertiary/aromatic N) is 3. The molecule has 0 saturated carbocycles. The highest BCUT2D eigenvalue weighted by Gasteiger charge is 2.24. The fraction of sp³-hybridized carbons (Fsp3) is 0.167. The van der Waals surface area contributed by atoms with E-state index in [1.54, 1.807) is 6.92 Å². The highest BCUT2D eigenvalue weighted by Crippen LogP contribution is 2.22. The lowest BCUT2D eigenvalue weighted by atomic mass is 10.2. The quantitative estimate of drug-likeness (QED) is 0.902. The first-order valence-corrected chi connectivity index (χ1v) is 7.92. The first-order chi connectivity index (χ1) is 9.34. The van der Waals surface area contributed by atoms with Crippen LogP contribution in [0.1, 0.15) is 16.8 Å². The smallest absolute Gasteiger partial charge is 0.247 e. The Morgan fingerprint density at radius 1 is 1.45 bits per heavy atom. The summed E-state index contributed by atoms with van der Waals surface area (Å²) in [6.45, 7) is 1.78. The maximum Gasteiger partial charge on any atom is 0.256 e. The van der Waals surface area contributed by atoms with Crippen LogP contribution in [-0.4, -0.2) is 18.2 Å². The molecule has 0 bridgehead atoms. The predicted octanol–water partition coefficient (Wildman–Crippen LogP) is 1.52. The van der Waals surface area contributed by atoms with Crippen molar-refractivity contribution in [3.05, 3.63) is 45.6 Å². The van der Waals surface area contributed by atoms with Gasteiger partial charge in [-0.15, -0.1) is 0 Å². The third-order valence-electron chi connectivity index (χ3n) is 2.74. The normalized spacial score (nSPS) is 11.3. The molecule has 0 radical (unpaired) electrons. The number of hydrogen-bond donors (Lipinski definition) is 1. The van der Waals surface area contributed by atoms with Crippen molar-refractivity contribution in [2.75, 3.05) is 0 Å². The van der Waals surface area contributed by atoms with Gasteiger partial charge in [-0.1, -0.05) is 34.1 Å². The molecule has 0 spiro atoms. The van der Waals surface area contributed by atoms with Crippen molar-refractivity contribution in [2.45, 2.75) is 18.5 Å². The second-order valence-corrected chi connectivity index (χ2v) is 6.50. The number of halogens is 1. The summed E-state index contributed by atoms with van der Waals surface area (Å²) in [6.07, 6.45) is 0. The molecule has 1 heterocycles. The Bertz CT molecular complexity index is 805. The lowest BCUT2D eigenvalue weighted by Crippen LogP contribution is -2.19. The number of sulfonamides is 1. The van der Waals surface area contributed by atoms with Gasteiger partial charge in [0.2, 0.25) is 0 Å². The number of aryl methyl sites for hydroxylation is 1. The molecular weight excluding hydrogens is 344 g/mol. The van der Waals surface area contributed by atoms with Crippen LogP contribution in [-0.2, 0) is 16.6 Å². The van der Waals surface area contributed by atoms with Crippen LogP contribution in [0.3, 0.4) is 0 Å². The fourth-order valence-corrected chi connectivity index (χ4v) is 3.16. The molecule has 104 valence electrons. The van der Waals surface area contributed by atoms with Gasteiger partial charge in [0.25, 0.3) is 10.0 Å². The van der Waals surface area contributed by atoms with Gasteiger partial charge in [0.15, 0.2) is 5.03 Å². The molecule has 0 atom stereocenters. The number of primary sulfonamides is 1. The van der Waals surface area contributed by atoms with Gasteiger partial charge in [0, 0.05) is 4.47 Å². The minimum Gasteiger partial charge on any atom is -0.247 e. The number of rotatable bonds is 3. The van der Waals surface area contributed by atoms with Crippen LogP contribution in [0.2, 0.25) is 0 Å². The van der Waals surface area contributed by atoms with Crippen molar-refractivity contribution in [3.8, 4) is 6.07 Å². The van der Waals surface area contributed by atoms with Crippen LogP contribution in [0.25, 0.3) is 0 Å². The third kappa shape index (κ3) is 2.75. The molecule has 0 aliphatic carbocycles. The SMILES string of the molecule is Cc1nn(Cc2ccccc2Br)c(S(N)(=O)=O)c1C#N. The standard InChI is InChI=1S/C12H11BrN4O2S/c1-8-10(6-14)12(20(15,18)19)17(16-8)7-9-4-2-3-5-11(9)13/h2-5H,7H2,1H3,(H2,15,18,19). The van der Waals surface area contributed by atoms with Crippen LogP contribution in [0.15, 0.2) is 33.8 Å². The van der Waals surface area contributed by atoms with Gasteiger partial charge in [-0.05, 0) is 18.6 Å². The van der Waals surface area contributed by atoms with Crippen LogP contribution >= 0.6 is 15.9 Å². The molecule has 2 aromatic rings. The van der Waals surface area contributed by atoms with Crippen molar-refractivity contribution in [2.24, 2.45) is 5.14 Å². The van der Waals surface area contributed by atoms with E-state index in [2.05, 4.69) is 21.0 Å². The molecule has 6 nitrogen and oxygen atoms in total. The van der Waals surface area contributed by atoms with Crippen molar-refractivity contribution in [3.63, 3.8) is 0 Å². The Hall–Kier alpha value is -1.69. The van der Waals surface area contributed by atoms with E-state index in [1.165, 1.54) is 4.68 Å². The summed E-state index contributed by atoms with van der Waals surface area (Å²) < 4.78 is 25.4. The molecule has 0 unspecified atom stereocenters. The summed E-state index contributed by atoms with van der Waals surface area (Å²) in [5.74, 6) is 0.